The molecule has 1 unspecified atom stereocenters. The van der Waals surface area contributed by atoms with Gasteiger partial charge in [0.25, 0.3) is 0 Å². The van der Waals surface area contributed by atoms with Crippen molar-refractivity contribution >= 4 is 17.7 Å². The standard InChI is InChI=1S/C20H23N3O3/c24-19(25)18(14-23-12-4-5-13-23)22-20(26)21-17-10-8-16(9-11-17)15-6-2-1-3-7-15/h1-3,6-11,18H,4-5,12-14H2,(H,24,25)(H2,21,22,26). The number of carbonyl (C=O) groups is 2. The Kier molecular flexibility index (Phi) is 5.86. The molecule has 6 heteroatoms. The Hall–Kier alpha value is -2.86. The van der Waals surface area contributed by atoms with Crippen molar-refractivity contribution in [1.82, 2.24) is 10.2 Å². The number of rotatable bonds is 6. The quantitative estimate of drug-likeness (QED) is 0.746. The number of urea groups is 1. The lowest BCUT2D eigenvalue weighted by molar-refractivity contribution is -0.139. The van der Waals surface area contributed by atoms with Gasteiger partial charge in [0.1, 0.15) is 6.04 Å². The molecule has 0 aromatic heterocycles. The van der Waals surface area contributed by atoms with Crippen LogP contribution >= 0.6 is 0 Å². The molecule has 26 heavy (non-hydrogen) atoms. The lowest BCUT2D eigenvalue weighted by Crippen LogP contribution is -2.49. The van der Waals surface area contributed by atoms with Gasteiger partial charge in [-0.1, -0.05) is 42.5 Å². The van der Waals surface area contributed by atoms with Crippen molar-refractivity contribution in [2.45, 2.75) is 18.9 Å². The van der Waals surface area contributed by atoms with Gasteiger partial charge in [-0.25, -0.2) is 9.59 Å². The molecule has 1 aliphatic heterocycles. The second-order valence-electron chi connectivity index (χ2n) is 6.44. The molecule has 1 saturated heterocycles. The van der Waals surface area contributed by atoms with Crippen LogP contribution in [-0.2, 0) is 4.79 Å². The maximum atomic E-state index is 12.2. The zero-order chi connectivity index (χ0) is 18.4. The molecule has 3 N–H and O–H groups in total. The topological polar surface area (TPSA) is 81.7 Å². The molecular weight excluding hydrogens is 330 g/mol. The molecule has 1 atom stereocenters. The van der Waals surface area contributed by atoms with Gasteiger partial charge in [0.15, 0.2) is 0 Å². The number of likely N-dealkylation sites (tertiary alicyclic amines) is 1. The molecule has 0 saturated carbocycles. The SMILES string of the molecule is O=C(Nc1ccc(-c2ccccc2)cc1)NC(CN1CCCC1)C(=O)O. The molecule has 1 fully saturated rings. The Labute approximate surface area is 152 Å². The average Bonchev–Trinajstić information content (AvgIpc) is 3.15. The fourth-order valence-corrected chi connectivity index (χ4v) is 3.11. The van der Waals surface area contributed by atoms with Gasteiger partial charge in [0, 0.05) is 12.2 Å². The van der Waals surface area contributed by atoms with E-state index >= 15 is 0 Å². The Balaban J connectivity index is 1.57. The van der Waals surface area contributed by atoms with Gasteiger partial charge in [0.05, 0.1) is 0 Å². The highest BCUT2D eigenvalue weighted by Crippen LogP contribution is 2.20. The molecule has 0 bridgehead atoms. The minimum atomic E-state index is -1.02. The van der Waals surface area contributed by atoms with E-state index in [1.54, 1.807) is 12.1 Å². The predicted octanol–water partition coefficient (Wildman–Crippen LogP) is 3.02. The normalized spacial score (nSPS) is 15.4. The van der Waals surface area contributed by atoms with E-state index in [4.69, 9.17) is 0 Å². The van der Waals surface area contributed by atoms with E-state index in [1.807, 2.05) is 42.5 Å². The predicted molar refractivity (Wildman–Crippen MR) is 101 cm³/mol. The van der Waals surface area contributed by atoms with Crippen LogP contribution in [0.3, 0.4) is 0 Å². The van der Waals surface area contributed by atoms with Gasteiger partial charge < -0.3 is 20.6 Å². The van der Waals surface area contributed by atoms with Crippen molar-refractivity contribution in [3.8, 4) is 11.1 Å². The minimum absolute atomic E-state index is 0.329. The number of aliphatic carboxylic acids is 1. The molecule has 0 radical (unpaired) electrons. The molecule has 3 rings (SSSR count). The molecular formula is C20H23N3O3. The monoisotopic (exact) mass is 353 g/mol. The van der Waals surface area contributed by atoms with Crippen molar-refractivity contribution in [2.75, 3.05) is 25.0 Å². The zero-order valence-corrected chi connectivity index (χ0v) is 14.5. The van der Waals surface area contributed by atoms with Crippen molar-refractivity contribution in [3.63, 3.8) is 0 Å². The van der Waals surface area contributed by atoms with Gasteiger partial charge in [-0.2, -0.15) is 0 Å². The number of anilines is 1. The van der Waals surface area contributed by atoms with Gasteiger partial charge in [-0.05, 0) is 49.2 Å². The van der Waals surface area contributed by atoms with Crippen LogP contribution in [0.5, 0.6) is 0 Å². The Bertz CT molecular complexity index is 741. The van der Waals surface area contributed by atoms with E-state index in [0.29, 0.717) is 12.2 Å². The van der Waals surface area contributed by atoms with Crippen LogP contribution in [0.4, 0.5) is 10.5 Å². The van der Waals surface area contributed by atoms with Crippen molar-refractivity contribution in [2.24, 2.45) is 0 Å². The van der Waals surface area contributed by atoms with Gasteiger partial charge in [-0.3, -0.25) is 0 Å². The van der Waals surface area contributed by atoms with E-state index in [9.17, 15) is 14.7 Å². The highest BCUT2D eigenvalue weighted by Gasteiger charge is 2.24. The van der Waals surface area contributed by atoms with Crippen LogP contribution in [-0.4, -0.2) is 47.7 Å². The smallest absolute Gasteiger partial charge is 0.327 e. The first-order valence-corrected chi connectivity index (χ1v) is 8.80. The fraction of sp³-hybridized carbons (Fsp3) is 0.300. The second-order valence-corrected chi connectivity index (χ2v) is 6.44. The summed E-state index contributed by atoms with van der Waals surface area (Å²) in [7, 11) is 0. The maximum Gasteiger partial charge on any atom is 0.327 e. The third-order valence-electron chi connectivity index (χ3n) is 4.49. The van der Waals surface area contributed by atoms with E-state index < -0.39 is 18.0 Å². The first-order chi connectivity index (χ1) is 12.6. The first-order valence-electron chi connectivity index (χ1n) is 8.80. The largest absolute Gasteiger partial charge is 0.480 e. The van der Waals surface area contributed by atoms with E-state index in [1.165, 1.54) is 0 Å². The molecule has 6 nitrogen and oxygen atoms in total. The van der Waals surface area contributed by atoms with Crippen molar-refractivity contribution < 1.29 is 14.7 Å². The fourth-order valence-electron chi connectivity index (χ4n) is 3.11. The number of amides is 2. The number of hydrogen-bond acceptors (Lipinski definition) is 3. The lowest BCUT2D eigenvalue weighted by Gasteiger charge is -2.21. The van der Waals surface area contributed by atoms with Gasteiger partial charge in [0.2, 0.25) is 0 Å². The number of nitrogens with zero attached hydrogens (tertiary/aromatic N) is 1. The zero-order valence-electron chi connectivity index (χ0n) is 14.5. The summed E-state index contributed by atoms with van der Waals surface area (Å²) in [4.78, 5) is 25.6. The van der Waals surface area contributed by atoms with Crippen LogP contribution in [0.25, 0.3) is 11.1 Å². The molecule has 2 aromatic rings. The summed E-state index contributed by atoms with van der Waals surface area (Å²) in [5.41, 5.74) is 2.77. The summed E-state index contributed by atoms with van der Waals surface area (Å²) in [5, 5.41) is 14.6. The van der Waals surface area contributed by atoms with Crippen LogP contribution in [0.2, 0.25) is 0 Å². The van der Waals surface area contributed by atoms with E-state index in [0.717, 1.165) is 37.1 Å². The second kappa shape index (κ2) is 8.49. The van der Waals surface area contributed by atoms with Gasteiger partial charge >= 0.3 is 12.0 Å². The van der Waals surface area contributed by atoms with Crippen LogP contribution in [0, 0.1) is 0 Å². The summed E-state index contributed by atoms with van der Waals surface area (Å²) in [6.07, 6.45) is 2.15. The molecule has 136 valence electrons. The van der Waals surface area contributed by atoms with Crippen LogP contribution in [0.15, 0.2) is 54.6 Å². The Morgan fingerprint density at radius 2 is 1.58 bits per heavy atom. The number of carboxylic acids is 1. The number of benzene rings is 2. The van der Waals surface area contributed by atoms with Crippen LogP contribution in [0.1, 0.15) is 12.8 Å². The molecule has 0 aliphatic carbocycles. The number of hydrogen-bond donors (Lipinski definition) is 3. The highest BCUT2D eigenvalue weighted by atomic mass is 16.4. The summed E-state index contributed by atoms with van der Waals surface area (Å²) in [6, 6.07) is 16.0. The summed E-state index contributed by atoms with van der Waals surface area (Å²) >= 11 is 0. The molecule has 1 aliphatic rings. The summed E-state index contributed by atoms with van der Waals surface area (Å²) in [5.74, 6) is -1.02. The van der Waals surface area contributed by atoms with Crippen molar-refractivity contribution in [1.29, 1.82) is 0 Å². The van der Waals surface area contributed by atoms with Crippen LogP contribution < -0.4 is 10.6 Å². The Morgan fingerprint density at radius 3 is 2.19 bits per heavy atom. The van der Waals surface area contributed by atoms with Crippen molar-refractivity contribution in [3.05, 3.63) is 54.6 Å². The van der Waals surface area contributed by atoms with E-state index in [2.05, 4.69) is 15.5 Å². The maximum absolute atomic E-state index is 12.2. The van der Waals surface area contributed by atoms with Gasteiger partial charge in [-0.15, -0.1) is 0 Å². The average molecular weight is 353 g/mol. The number of carbonyl (C=O) groups excluding carboxylic acids is 1. The highest BCUT2D eigenvalue weighted by molar-refractivity contribution is 5.92. The molecule has 2 amide bonds. The minimum Gasteiger partial charge on any atom is -0.480 e. The third kappa shape index (κ3) is 4.83. The Morgan fingerprint density at radius 1 is 0.962 bits per heavy atom. The lowest BCUT2D eigenvalue weighted by atomic mass is 10.1. The van der Waals surface area contributed by atoms with E-state index in [-0.39, 0.29) is 0 Å². The number of carboxylic acid groups (broad SMARTS) is 1. The summed E-state index contributed by atoms with van der Waals surface area (Å²) in [6.45, 7) is 2.09. The molecule has 0 spiro atoms. The molecule has 2 aromatic carbocycles. The third-order valence-corrected chi connectivity index (χ3v) is 4.49. The summed E-state index contributed by atoms with van der Waals surface area (Å²) < 4.78 is 0. The first kappa shape index (κ1) is 17.9. The molecule has 1 heterocycles. The number of nitrogens with one attached hydrogen (secondary N) is 2.